The van der Waals surface area contributed by atoms with Crippen LogP contribution in [-0.4, -0.2) is 44.1 Å². The molecule has 5 rings (SSSR count). The molecule has 3 heterocycles. The lowest BCUT2D eigenvalue weighted by atomic mass is 9.97. The molecule has 0 bridgehead atoms. The third-order valence-electron chi connectivity index (χ3n) is 5.89. The van der Waals surface area contributed by atoms with E-state index in [9.17, 15) is 0 Å². The minimum Gasteiger partial charge on any atom is -0.488 e. The number of pyridine rings is 1. The Bertz CT molecular complexity index is 1210. The summed E-state index contributed by atoms with van der Waals surface area (Å²) in [6, 6.07) is 18.6. The van der Waals surface area contributed by atoms with Crippen LogP contribution in [0.1, 0.15) is 29.4 Å². The van der Waals surface area contributed by atoms with E-state index in [0.29, 0.717) is 12.4 Å². The highest BCUT2D eigenvalue weighted by Crippen LogP contribution is 2.32. The fourth-order valence-corrected chi connectivity index (χ4v) is 4.16. The van der Waals surface area contributed by atoms with Crippen LogP contribution in [0.3, 0.4) is 0 Å². The van der Waals surface area contributed by atoms with Gasteiger partial charge in [0.1, 0.15) is 12.4 Å². The summed E-state index contributed by atoms with van der Waals surface area (Å²) in [4.78, 5) is 7.15. The Morgan fingerprint density at radius 1 is 1.06 bits per heavy atom. The molecule has 1 aliphatic rings. The summed E-state index contributed by atoms with van der Waals surface area (Å²) >= 11 is 0. The normalized spacial score (nSPS) is 13.7. The van der Waals surface area contributed by atoms with Crippen LogP contribution >= 0.6 is 0 Å². The van der Waals surface area contributed by atoms with Gasteiger partial charge in [-0.1, -0.05) is 49.4 Å². The van der Waals surface area contributed by atoms with Gasteiger partial charge in [0.05, 0.1) is 5.69 Å². The average Bonchev–Trinajstić information content (AvgIpc) is 3.38. The molecule has 1 N–H and O–H groups in total. The second-order valence-corrected chi connectivity index (χ2v) is 8.15. The van der Waals surface area contributed by atoms with E-state index in [0.717, 1.165) is 59.6 Å². The fourth-order valence-electron chi connectivity index (χ4n) is 4.16. The Labute approximate surface area is 187 Å². The molecule has 0 amide bonds. The van der Waals surface area contributed by atoms with E-state index >= 15 is 0 Å². The third-order valence-corrected chi connectivity index (χ3v) is 5.89. The molecule has 0 fully saturated rings. The van der Waals surface area contributed by atoms with Gasteiger partial charge in [0.2, 0.25) is 5.82 Å². The maximum Gasteiger partial charge on any atom is 0.205 e. The number of H-pyrrole nitrogens is 1. The highest BCUT2D eigenvalue weighted by Gasteiger charge is 2.20. The average molecular weight is 427 g/mol. The Hall–Kier alpha value is -3.58. The number of ether oxygens (including phenoxy) is 1. The fraction of sp³-hybridized carbons (Fsp3) is 0.280. The summed E-state index contributed by atoms with van der Waals surface area (Å²) in [5.74, 6) is 1.51. The summed E-state index contributed by atoms with van der Waals surface area (Å²) < 4.78 is 6.37. The van der Waals surface area contributed by atoms with E-state index in [1.807, 2.05) is 18.2 Å². The third kappa shape index (κ3) is 4.11. The maximum absolute atomic E-state index is 6.37. The Morgan fingerprint density at radius 3 is 2.72 bits per heavy atom. The topological polar surface area (TPSA) is 79.8 Å². The van der Waals surface area contributed by atoms with E-state index in [1.165, 1.54) is 11.3 Å². The number of likely N-dealkylation sites (N-methyl/N-ethyl adjacent to an activating group) is 1. The van der Waals surface area contributed by atoms with Gasteiger partial charge >= 0.3 is 0 Å². The van der Waals surface area contributed by atoms with Gasteiger partial charge in [-0.3, -0.25) is 4.98 Å². The molecule has 2 aromatic heterocycles. The Balaban J connectivity index is 1.47. The van der Waals surface area contributed by atoms with Crippen molar-refractivity contribution in [2.24, 2.45) is 0 Å². The van der Waals surface area contributed by atoms with E-state index in [4.69, 9.17) is 9.72 Å². The summed E-state index contributed by atoms with van der Waals surface area (Å²) in [6.45, 7) is 4.49. The molecular weight excluding hydrogens is 400 g/mol. The van der Waals surface area contributed by atoms with E-state index in [1.54, 1.807) is 0 Å². The Kier molecular flexibility index (Phi) is 5.64. The smallest absolute Gasteiger partial charge is 0.205 e. The highest BCUT2D eigenvalue weighted by atomic mass is 16.5. The molecule has 0 spiro atoms. The second kappa shape index (κ2) is 8.88. The number of nitrogens with one attached hydrogen (secondary N) is 1. The molecule has 7 nitrogen and oxygen atoms in total. The molecule has 0 atom stereocenters. The lowest BCUT2D eigenvalue weighted by Gasteiger charge is -2.26. The maximum atomic E-state index is 6.37. The highest BCUT2D eigenvalue weighted by molar-refractivity contribution is 5.80. The van der Waals surface area contributed by atoms with Crippen LogP contribution in [0.25, 0.3) is 22.5 Å². The number of hydrogen-bond donors (Lipinski definition) is 1. The molecule has 4 aromatic rings. The first-order valence-electron chi connectivity index (χ1n) is 11.0. The minimum absolute atomic E-state index is 0.462. The summed E-state index contributed by atoms with van der Waals surface area (Å²) in [5.41, 5.74) is 7.61. The first-order chi connectivity index (χ1) is 15.7. The molecular formula is C25H26N6O. The molecule has 0 saturated heterocycles. The van der Waals surface area contributed by atoms with Crippen molar-refractivity contribution in [3.05, 3.63) is 77.1 Å². The predicted molar refractivity (Wildman–Crippen MR) is 123 cm³/mol. The van der Waals surface area contributed by atoms with Gasteiger partial charge in [0.15, 0.2) is 0 Å². The molecule has 1 aliphatic heterocycles. The number of hydrogen-bond acceptors (Lipinski definition) is 6. The number of aromatic amines is 1. The Morgan fingerprint density at radius 2 is 1.94 bits per heavy atom. The van der Waals surface area contributed by atoms with Crippen molar-refractivity contribution in [2.45, 2.75) is 32.9 Å². The van der Waals surface area contributed by atoms with Crippen molar-refractivity contribution >= 4 is 0 Å². The molecule has 7 heteroatoms. The number of aryl methyl sites for hydroxylation is 1. The molecule has 32 heavy (non-hydrogen) atoms. The number of tetrazole rings is 1. The van der Waals surface area contributed by atoms with Crippen LogP contribution in [-0.2, 0) is 26.0 Å². The van der Waals surface area contributed by atoms with E-state index in [2.05, 4.69) is 75.9 Å². The van der Waals surface area contributed by atoms with Gasteiger partial charge in [0, 0.05) is 42.4 Å². The van der Waals surface area contributed by atoms with Crippen molar-refractivity contribution in [2.75, 3.05) is 13.6 Å². The quantitative estimate of drug-likeness (QED) is 0.501. The predicted octanol–water partition coefficient (Wildman–Crippen LogP) is 4.06. The van der Waals surface area contributed by atoms with Crippen LogP contribution in [0, 0.1) is 0 Å². The van der Waals surface area contributed by atoms with E-state index < -0.39 is 0 Å². The molecule has 0 unspecified atom stereocenters. The van der Waals surface area contributed by atoms with Gasteiger partial charge in [-0.25, -0.2) is 0 Å². The van der Waals surface area contributed by atoms with Crippen LogP contribution in [0.2, 0.25) is 0 Å². The molecule has 0 aliphatic carbocycles. The first kappa shape index (κ1) is 20.3. The van der Waals surface area contributed by atoms with Crippen LogP contribution in [0.4, 0.5) is 0 Å². The zero-order valence-corrected chi connectivity index (χ0v) is 18.4. The van der Waals surface area contributed by atoms with Crippen molar-refractivity contribution in [1.82, 2.24) is 30.5 Å². The van der Waals surface area contributed by atoms with Crippen molar-refractivity contribution in [3.63, 3.8) is 0 Å². The van der Waals surface area contributed by atoms with Crippen molar-refractivity contribution < 1.29 is 4.74 Å². The van der Waals surface area contributed by atoms with Gasteiger partial charge in [-0.15, -0.1) is 10.2 Å². The number of fused-ring (bicyclic) bond motifs is 1. The van der Waals surface area contributed by atoms with Crippen LogP contribution in [0.5, 0.6) is 5.75 Å². The summed E-state index contributed by atoms with van der Waals surface area (Å²) in [5, 5.41) is 14.8. The zero-order valence-electron chi connectivity index (χ0n) is 18.4. The number of aromatic nitrogens is 5. The minimum atomic E-state index is 0.462. The summed E-state index contributed by atoms with van der Waals surface area (Å²) in [7, 11) is 2.14. The van der Waals surface area contributed by atoms with Gasteiger partial charge in [-0.05, 0) is 41.4 Å². The van der Waals surface area contributed by atoms with E-state index in [-0.39, 0.29) is 0 Å². The van der Waals surface area contributed by atoms with Gasteiger partial charge < -0.3 is 9.64 Å². The standard InChI is InChI=1S/C25H26N6O/c1-3-19-14-24(22-15-31(2)12-11-23(22)26-19)32-16-17-9-10-20(18-7-5-4-6-8-18)21(13-17)25-27-29-30-28-25/h4-10,13-14H,3,11-12,15-16H2,1-2H3,(H,27,28,29,30). The molecule has 162 valence electrons. The lowest BCUT2D eigenvalue weighted by molar-refractivity contribution is 0.272. The second-order valence-electron chi connectivity index (χ2n) is 8.15. The molecule has 0 radical (unpaired) electrons. The van der Waals surface area contributed by atoms with Gasteiger partial charge in [-0.2, -0.15) is 5.21 Å². The van der Waals surface area contributed by atoms with Gasteiger partial charge in [0.25, 0.3) is 0 Å². The summed E-state index contributed by atoms with van der Waals surface area (Å²) in [6.07, 6.45) is 1.86. The number of rotatable bonds is 6. The first-order valence-corrected chi connectivity index (χ1v) is 11.0. The zero-order chi connectivity index (χ0) is 21.9. The van der Waals surface area contributed by atoms with Crippen molar-refractivity contribution in [3.8, 4) is 28.3 Å². The largest absolute Gasteiger partial charge is 0.488 e. The molecule has 2 aromatic carbocycles. The van der Waals surface area contributed by atoms with Crippen LogP contribution in [0.15, 0.2) is 54.6 Å². The molecule has 0 saturated carbocycles. The number of nitrogens with zero attached hydrogens (tertiary/aromatic N) is 5. The van der Waals surface area contributed by atoms with Crippen molar-refractivity contribution in [1.29, 1.82) is 0 Å². The number of benzene rings is 2. The monoisotopic (exact) mass is 426 g/mol. The van der Waals surface area contributed by atoms with Crippen LogP contribution < -0.4 is 4.74 Å². The SMILES string of the molecule is CCc1cc(OCc2ccc(-c3ccccc3)c(-c3nn[nH]n3)c2)c2c(n1)CCN(C)C2. The lowest BCUT2D eigenvalue weighted by Crippen LogP contribution is -2.28.